The van der Waals surface area contributed by atoms with Crippen LogP contribution in [-0.4, -0.2) is 24.2 Å². The Morgan fingerprint density at radius 2 is 1.79 bits per heavy atom. The van der Waals surface area contributed by atoms with E-state index in [1.54, 1.807) is 12.3 Å². The summed E-state index contributed by atoms with van der Waals surface area (Å²) >= 11 is 0. The summed E-state index contributed by atoms with van der Waals surface area (Å²) in [6.45, 7) is 0.845. The molecule has 6 nitrogen and oxygen atoms in total. The summed E-state index contributed by atoms with van der Waals surface area (Å²) < 4.78 is 10.7. The van der Waals surface area contributed by atoms with Crippen LogP contribution >= 0.6 is 0 Å². The fourth-order valence-corrected chi connectivity index (χ4v) is 3.00. The average molecular weight is 375 g/mol. The number of amides is 1. The molecule has 0 aliphatic carbocycles. The second kappa shape index (κ2) is 8.43. The Hall–Kier alpha value is -3.54. The highest BCUT2D eigenvalue weighted by Gasteiger charge is 2.13. The Morgan fingerprint density at radius 3 is 2.68 bits per heavy atom. The van der Waals surface area contributed by atoms with E-state index in [-0.39, 0.29) is 12.7 Å². The number of hydrogen-bond donors (Lipinski definition) is 2. The third-order valence-corrected chi connectivity index (χ3v) is 4.42. The van der Waals surface area contributed by atoms with Crippen molar-refractivity contribution in [2.45, 2.75) is 12.8 Å². The van der Waals surface area contributed by atoms with Crippen molar-refractivity contribution in [3.63, 3.8) is 0 Å². The van der Waals surface area contributed by atoms with Crippen LogP contribution in [-0.2, 0) is 6.42 Å². The van der Waals surface area contributed by atoms with Crippen molar-refractivity contribution >= 4 is 17.3 Å². The molecule has 0 spiro atoms. The highest BCUT2D eigenvalue weighted by atomic mass is 16.7. The zero-order valence-electron chi connectivity index (χ0n) is 15.4. The van der Waals surface area contributed by atoms with E-state index in [0.717, 1.165) is 30.0 Å². The predicted molar refractivity (Wildman–Crippen MR) is 107 cm³/mol. The number of ether oxygens (including phenoxy) is 2. The number of hydrogen-bond acceptors (Lipinski definition) is 5. The Morgan fingerprint density at radius 1 is 0.964 bits per heavy atom. The quantitative estimate of drug-likeness (QED) is 0.613. The molecular formula is C22H21N3O3. The van der Waals surface area contributed by atoms with Gasteiger partial charge in [-0.3, -0.25) is 9.78 Å². The zero-order chi connectivity index (χ0) is 19.2. The third kappa shape index (κ3) is 4.40. The average Bonchev–Trinajstić information content (AvgIpc) is 3.20. The van der Waals surface area contributed by atoms with Gasteiger partial charge >= 0.3 is 0 Å². The number of carbonyl (C=O) groups excluding carboxylic acids is 1. The van der Waals surface area contributed by atoms with Crippen LogP contribution in [0, 0.1) is 0 Å². The summed E-state index contributed by atoms with van der Waals surface area (Å²) in [7, 11) is 0. The minimum Gasteiger partial charge on any atom is -0.454 e. The van der Waals surface area contributed by atoms with Crippen LogP contribution in [0.3, 0.4) is 0 Å². The van der Waals surface area contributed by atoms with Gasteiger partial charge in [0.1, 0.15) is 5.69 Å². The second-order valence-electron chi connectivity index (χ2n) is 6.47. The molecule has 28 heavy (non-hydrogen) atoms. The topological polar surface area (TPSA) is 72.5 Å². The van der Waals surface area contributed by atoms with Crippen molar-refractivity contribution in [1.29, 1.82) is 0 Å². The van der Waals surface area contributed by atoms with Crippen molar-refractivity contribution in [3.8, 4) is 11.5 Å². The van der Waals surface area contributed by atoms with Gasteiger partial charge in [-0.25, -0.2) is 0 Å². The molecule has 6 heteroatoms. The fourth-order valence-electron chi connectivity index (χ4n) is 3.00. The minimum absolute atomic E-state index is 0.178. The Bertz CT molecular complexity index is 960. The number of benzene rings is 2. The lowest BCUT2D eigenvalue weighted by Crippen LogP contribution is -2.25. The molecular weight excluding hydrogens is 354 g/mol. The van der Waals surface area contributed by atoms with E-state index in [4.69, 9.17) is 9.47 Å². The molecule has 142 valence electrons. The van der Waals surface area contributed by atoms with Gasteiger partial charge in [0.25, 0.3) is 5.91 Å². The summed E-state index contributed by atoms with van der Waals surface area (Å²) in [6, 6.07) is 19.4. The minimum atomic E-state index is -0.178. The number of nitrogens with one attached hydrogen (secondary N) is 2. The maximum Gasteiger partial charge on any atom is 0.269 e. The fraction of sp³-hybridized carbons (Fsp3) is 0.182. The Labute approximate surface area is 163 Å². The molecule has 1 amide bonds. The normalized spacial score (nSPS) is 11.9. The van der Waals surface area contributed by atoms with E-state index in [9.17, 15) is 4.79 Å². The van der Waals surface area contributed by atoms with Gasteiger partial charge in [0, 0.05) is 30.2 Å². The molecule has 0 saturated carbocycles. The molecule has 0 bridgehead atoms. The molecule has 2 N–H and O–H groups in total. The van der Waals surface area contributed by atoms with Crippen molar-refractivity contribution in [2.75, 3.05) is 18.7 Å². The first-order valence-electron chi connectivity index (χ1n) is 9.23. The lowest BCUT2D eigenvalue weighted by Gasteiger charge is -2.09. The van der Waals surface area contributed by atoms with E-state index in [1.165, 1.54) is 5.56 Å². The number of fused-ring (bicyclic) bond motifs is 1. The Balaban J connectivity index is 1.32. The van der Waals surface area contributed by atoms with Gasteiger partial charge in [0.15, 0.2) is 11.5 Å². The molecule has 3 aromatic rings. The maximum atomic E-state index is 12.4. The monoisotopic (exact) mass is 375 g/mol. The first kappa shape index (κ1) is 17.9. The zero-order valence-corrected chi connectivity index (χ0v) is 15.4. The van der Waals surface area contributed by atoms with Crippen molar-refractivity contribution in [3.05, 3.63) is 78.1 Å². The molecule has 0 fully saturated rings. The SMILES string of the molecule is O=C(NCCCc1ccccc1)c1cc(Nc2ccc3c(c2)OCO3)ccn1. The van der Waals surface area contributed by atoms with E-state index in [0.29, 0.717) is 18.0 Å². The molecule has 1 aliphatic heterocycles. The van der Waals surface area contributed by atoms with Gasteiger partial charge in [0.05, 0.1) is 0 Å². The summed E-state index contributed by atoms with van der Waals surface area (Å²) in [5.41, 5.74) is 3.28. The number of aromatic nitrogens is 1. The number of aryl methyl sites for hydroxylation is 1. The molecule has 0 saturated heterocycles. The molecule has 4 rings (SSSR count). The molecule has 0 atom stereocenters. The summed E-state index contributed by atoms with van der Waals surface area (Å²) in [4.78, 5) is 16.6. The van der Waals surface area contributed by atoms with Gasteiger partial charge in [0.2, 0.25) is 6.79 Å². The van der Waals surface area contributed by atoms with Gasteiger partial charge in [-0.1, -0.05) is 30.3 Å². The lowest BCUT2D eigenvalue weighted by atomic mass is 10.1. The largest absolute Gasteiger partial charge is 0.454 e. The highest BCUT2D eigenvalue weighted by molar-refractivity contribution is 5.93. The number of rotatable bonds is 7. The van der Waals surface area contributed by atoms with E-state index >= 15 is 0 Å². The number of pyridine rings is 1. The summed E-state index contributed by atoms with van der Waals surface area (Å²) in [6.07, 6.45) is 3.43. The molecule has 1 aromatic heterocycles. The smallest absolute Gasteiger partial charge is 0.269 e. The number of carbonyl (C=O) groups is 1. The van der Waals surface area contributed by atoms with Crippen LogP contribution in [0.15, 0.2) is 66.9 Å². The van der Waals surface area contributed by atoms with Gasteiger partial charge in [-0.2, -0.15) is 0 Å². The van der Waals surface area contributed by atoms with E-state index < -0.39 is 0 Å². The van der Waals surface area contributed by atoms with E-state index in [1.807, 2.05) is 42.5 Å². The first-order valence-corrected chi connectivity index (χ1v) is 9.23. The summed E-state index contributed by atoms with van der Waals surface area (Å²) in [5, 5.41) is 6.19. The first-order chi connectivity index (χ1) is 13.8. The second-order valence-corrected chi connectivity index (χ2v) is 6.47. The predicted octanol–water partition coefficient (Wildman–Crippen LogP) is 3.92. The standard InChI is InChI=1S/C22H21N3O3/c26-22(24-11-4-7-16-5-2-1-3-6-16)19-13-18(10-12-23-19)25-17-8-9-20-21(14-17)28-15-27-20/h1-3,5-6,8-10,12-14H,4,7,11,15H2,(H,23,25)(H,24,26). The van der Waals surface area contributed by atoms with Crippen molar-refractivity contribution < 1.29 is 14.3 Å². The van der Waals surface area contributed by atoms with Crippen LogP contribution in [0.1, 0.15) is 22.5 Å². The van der Waals surface area contributed by atoms with Crippen LogP contribution in [0.2, 0.25) is 0 Å². The van der Waals surface area contributed by atoms with E-state index in [2.05, 4.69) is 27.8 Å². The van der Waals surface area contributed by atoms with Crippen molar-refractivity contribution in [1.82, 2.24) is 10.3 Å². The molecule has 0 radical (unpaired) electrons. The molecule has 2 heterocycles. The lowest BCUT2D eigenvalue weighted by molar-refractivity contribution is 0.0948. The van der Waals surface area contributed by atoms with Gasteiger partial charge in [-0.05, 0) is 42.7 Å². The van der Waals surface area contributed by atoms with Crippen LogP contribution in [0.25, 0.3) is 0 Å². The maximum absolute atomic E-state index is 12.4. The van der Waals surface area contributed by atoms with Gasteiger partial charge < -0.3 is 20.1 Å². The number of nitrogens with zero attached hydrogens (tertiary/aromatic N) is 1. The number of anilines is 2. The van der Waals surface area contributed by atoms with Crippen molar-refractivity contribution in [2.24, 2.45) is 0 Å². The highest BCUT2D eigenvalue weighted by Crippen LogP contribution is 2.35. The van der Waals surface area contributed by atoms with Crippen LogP contribution < -0.4 is 20.1 Å². The van der Waals surface area contributed by atoms with Gasteiger partial charge in [-0.15, -0.1) is 0 Å². The third-order valence-electron chi connectivity index (χ3n) is 4.42. The molecule has 1 aliphatic rings. The Kier molecular flexibility index (Phi) is 5.38. The van der Waals surface area contributed by atoms with Crippen LogP contribution in [0.5, 0.6) is 11.5 Å². The summed E-state index contributed by atoms with van der Waals surface area (Å²) in [5.74, 6) is 1.26. The molecule has 2 aromatic carbocycles. The van der Waals surface area contributed by atoms with Crippen LogP contribution in [0.4, 0.5) is 11.4 Å². The molecule has 0 unspecified atom stereocenters.